The van der Waals surface area contributed by atoms with Crippen molar-refractivity contribution in [1.29, 1.82) is 0 Å². The molecule has 3 nitrogen and oxygen atoms in total. The summed E-state index contributed by atoms with van der Waals surface area (Å²) in [5, 5.41) is 13.1. The summed E-state index contributed by atoms with van der Waals surface area (Å²) >= 11 is 0. The average molecular weight is 214 g/mol. The van der Waals surface area contributed by atoms with E-state index in [1.165, 1.54) is 19.3 Å². The van der Waals surface area contributed by atoms with Crippen LogP contribution < -0.4 is 5.32 Å². The van der Waals surface area contributed by atoms with E-state index in [4.69, 9.17) is 0 Å². The first-order chi connectivity index (χ1) is 7.26. The first-order valence-electron chi connectivity index (χ1n) is 6.37. The minimum Gasteiger partial charge on any atom is -0.390 e. The maximum Gasteiger partial charge on any atom is 0.0791 e. The number of hydrogen-bond donors (Lipinski definition) is 2. The van der Waals surface area contributed by atoms with Crippen molar-refractivity contribution in [1.82, 2.24) is 10.2 Å². The summed E-state index contributed by atoms with van der Waals surface area (Å²) in [5.41, 5.74) is 0. The molecule has 15 heavy (non-hydrogen) atoms. The molecule has 0 aromatic rings. The molecular formula is C12H26N2O. The zero-order chi connectivity index (χ0) is 11.1. The highest BCUT2D eigenvalue weighted by atomic mass is 16.3. The Labute approximate surface area is 93.9 Å². The molecule has 90 valence electrons. The summed E-state index contributed by atoms with van der Waals surface area (Å²) in [6.45, 7) is 8.95. The average Bonchev–Trinajstić information content (AvgIpc) is 2.18. The lowest BCUT2D eigenvalue weighted by Gasteiger charge is -2.27. The Balaban J connectivity index is 1.98. The molecule has 1 aliphatic carbocycles. The van der Waals surface area contributed by atoms with Crippen molar-refractivity contribution in [3.63, 3.8) is 0 Å². The Morgan fingerprint density at radius 2 is 2.00 bits per heavy atom. The van der Waals surface area contributed by atoms with Crippen LogP contribution in [0.1, 0.15) is 33.1 Å². The van der Waals surface area contributed by atoms with Gasteiger partial charge in [-0.3, -0.25) is 0 Å². The Morgan fingerprint density at radius 3 is 2.47 bits per heavy atom. The number of hydrogen-bond acceptors (Lipinski definition) is 3. The molecule has 1 rings (SSSR count). The van der Waals surface area contributed by atoms with Crippen molar-refractivity contribution < 1.29 is 5.11 Å². The highest BCUT2D eigenvalue weighted by molar-refractivity contribution is 4.73. The van der Waals surface area contributed by atoms with E-state index >= 15 is 0 Å². The molecule has 0 heterocycles. The molecule has 2 N–H and O–H groups in total. The van der Waals surface area contributed by atoms with Crippen LogP contribution in [-0.2, 0) is 0 Å². The van der Waals surface area contributed by atoms with Crippen LogP contribution in [0.2, 0.25) is 0 Å². The molecule has 1 unspecified atom stereocenters. The summed E-state index contributed by atoms with van der Waals surface area (Å²) in [5.74, 6) is 0.880. The van der Waals surface area contributed by atoms with Crippen LogP contribution in [0.25, 0.3) is 0 Å². The van der Waals surface area contributed by atoms with Gasteiger partial charge in [0.1, 0.15) is 0 Å². The van der Waals surface area contributed by atoms with Crippen molar-refractivity contribution in [3.05, 3.63) is 0 Å². The van der Waals surface area contributed by atoms with Gasteiger partial charge in [0.25, 0.3) is 0 Å². The third-order valence-electron chi connectivity index (χ3n) is 3.40. The molecule has 0 spiro atoms. The number of rotatable bonds is 8. The minimum atomic E-state index is -0.218. The van der Waals surface area contributed by atoms with Gasteiger partial charge in [0.2, 0.25) is 0 Å². The van der Waals surface area contributed by atoms with E-state index in [0.29, 0.717) is 0 Å². The first kappa shape index (κ1) is 12.9. The second kappa shape index (κ2) is 7.20. The fourth-order valence-electron chi connectivity index (χ4n) is 2.00. The highest BCUT2D eigenvalue weighted by Crippen LogP contribution is 2.24. The van der Waals surface area contributed by atoms with E-state index < -0.39 is 0 Å². The van der Waals surface area contributed by atoms with Gasteiger partial charge in [-0.15, -0.1) is 0 Å². The van der Waals surface area contributed by atoms with Crippen molar-refractivity contribution >= 4 is 0 Å². The lowest BCUT2D eigenvalue weighted by Crippen LogP contribution is -2.40. The maximum atomic E-state index is 9.78. The Kier molecular flexibility index (Phi) is 6.22. The molecule has 3 heteroatoms. The van der Waals surface area contributed by atoms with E-state index in [1.807, 2.05) is 0 Å². The van der Waals surface area contributed by atoms with Crippen LogP contribution in [0, 0.1) is 5.92 Å². The van der Waals surface area contributed by atoms with Gasteiger partial charge in [-0.1, -0.05) is 20.3 Å². The Hall–Kier alpha value is -0.120. The number of nitrogens with one attached hydrogen (secondary N) is 1. The lowest BCUT2D eigenvalue weighted by molar-refractivity contribution is 0.114. The van der Waals surface area contributed by atoms with Crippen LogP contribution in [0.15, 0.2) is 0 Å². The minimum absolute atomic E-state index is 0.218. The second-order valence-corrected chi connectivity index (χ2v) is 4.59. The van der Waals surface area contributed by atoms with E-state index in [1.54, 1.807) is 0 Å². The normalized spacial score (nSPS) is 19.2. The molecule has 0 amide bonds. The van der Waals surface area contributed by atoms with Gasteiger partial charge in [0.05, 0.1) is 6.10 Å². The van der Waals surface area contributed by atoms with Crippen molar-refractivity contribution in [2.45, 2.75) is 39.2 Å². The van der Waals surface area contributed by atoms with Gasteiger partial charge >= 0.3 is 0 Å². The van der Waals surface area contributed by atoms with E-state index in [2.05, 4.69) is 24.1 Å². The predicted octanol–water partition coefficient (Wildman–Crippen LogP) is 1.08. The molecule has 0 radical (unpaired) electrons. The topological polar surface area (TPSA) is 35.5 Å². The molecule has 1 atom stereocenters. The van der Waals surface area contributed by atoms with Crippen molar-refractivity contribution in [3.8, 4) is 0 Å². The smallest absolute Gasteiger partial charge is 0.0791 e. The van der Waals surface area contributed by atoms with Gasteiger partial charge in [0, 0.05) is 13.1 Å². The predicted molar refractivity (Wildman–Crippen MR) is 64.0 cm³/mol. The lowest BCUT2D eigenvalue weighted by atomic mass is 9.85. The second-order valence-electron chi connectivity index (χ2n) is 4.59. The van der Waals surface area contributed by atoms with E-state index in [0.717, 1.165) is 38.6 Å². The van der Waals surface area contributed by atoms with Crippen molar-refractivity contribution in [2.24, 2.45) is 5.92 Å². The Morgan fingerprint density at radius 1 is 1.33 bits per heavy atom. The Bertz CT molecular complexity index is 156. The first-order valence-corrected chi connectivity index (χ1v) is 6.37. The standard InChI is InChI=1S/C12H26N2O/c1-3-14(4-2)10-12(15)9-13-8-11-6-5-7-11/h11-13,15H,3-10H2,1-2H3. The van der Waals surface area contributed by atoms with Crippen LogP contribution in [-0.4, -0.2) is 48.8 Å². The molecule has 1 saturated carbocycles. The van der Waals surface area contributed by atoms with E-state index in [-0.39, 0.29) is 6.10 Å². The SMILES string of the molecule is CCN(CC)CC(O)CNCC1CCC1. The van der Waals surface area contributed by atoms with Gasteiger partial charge < -0.3 is 15.3 Å². The largest absolute Gasteiger partial charge is 0.390 e. The summed E-state index contributed by atoms with van der Waals surface area (Å²) in [4.78, 5) is 2.26. The number of aliphatic hydroxyl groups excluding tert-OH is 1. The quantitative estimate of drug-likeness (QED) is 0.634. The number of aliphatic hydroxyl groups is 1. The number of nitrogens with zero attached hydrogens (tertiary/aromatic N) is 1. The molecule has 0 saturated heterocycles. The molecule has 0 aliphatic heterocycles. The van der Waals surface area contributed by atoms with Crippen LogP contribution in [0.5, 0.6) is 0 Å². The highest BCUT2D eigenvalue weighted by Gasteiger charge is 2.17. The maximum absolute atomic E-state index is 9.78. The fraction of sp³-hybridized carbons (Fsp3) is 1.00. The monoisotopic (exact) mass is 214 g/mol. The van der Waals surface area contributed by atoms with E-state index in [9.17, 15) is 5.11 Å². The molecule has 0 bridgehead atoms. The van der Waals surface area contributed by atoms with Crippen molar-refractivity contribution in [2.75, 3.05) is 32.7 Å². The number of likely N-dealkylation sites (N-methyl/N-ethyl adjacent to an activating group) is 1. The third-order valence-corrected chi connectivity index (χ3v) is 3.40. The summed E-state index contributed by atoms with van der Waals surface area (Å²) in [6, 6.07) is 0. The fourth-order valence-corrected chi connectivity index (χ4v) is 2.00. The molecule has 0 aromatic carbocycles. The van der Waals surface area contributed by atoms with Gasteiger partial charge in [-0.25, -0.2) is 0 Å². The van der Waals surface area contributed by atoms with Crippen LogP contribution >= 0.6 is 0 Å². The summed E-state index contributed by atoms with van der Waals surface area (Å²) in [7, 11) is 0. The zero-order valence-electron chi connectivity index (χ0n) is 10.2. The third kappa shape index (κ3) is 4.96. The molecule has 1 aliphatic rings. The van der Waals surface area contributed by atoms with Crippen LogP contribution in [0.4, 0.5) is 0 Å². The van der Waals surface area contributed by atoms with Gasteiger partial charge in [0.15, 0.2) is 0 Å². The van der Waals surface area contributed by atoms with Gasteiger partial charge in [-0.05, 0) is 38.4 Å². The molecule has 0 aromatic heterocycles. The van der Waals surface area contributed by atoms with Gasteiger partial charge in [-0.2, -0.15) is 0 Å². The van der Waals surface area contributed by atoms with Crippen LogP contribution in [0.3, 0.4) is 0 Å². The molecule has 1 fully saturated rings. The molecular weight excluding hydrogens is 188 g/mol. The zero-order valence-corrected chi connectivity index (χ0v) is 10.2. The summed E-state index contributed by atoms with van der Waals surface area (Å²) in [6.07, 6.45) is 3.93. The summed E-state index contributed by atoms with van der Waals surface area (Å²) < 4.78 is 0.